The van der Waals surface area contributed by atoms with Crippen molar-refractivity contribution in [3.8, 4) is 11.5 Å². The SMILES string of the molecule is CCCCOCCOCc1ccc(OCC(O)CNCCOc2ccc(C3=NNC(=O)CC3)cc2Cl)cc1. The van der Waals surface area contributed by atoms with Crippen LogP contribution in [-0.2, 0) is 20.9 Å². The van der Waals surface area contributed by atoms with Gasteiger partial charge in [-0.3, -0.25) is 4.79 Å². The average Bonchev–Trinajstić information content (AvgIpc) is 2.93. The molecule has 0 radical (unpaired) electrons. The van der Waals surface area contributed by atoms with Crippen molar-refractivity contribution in [3.63, 3.8) is 0 Å². The van der Waals surface area contributed by atoms with Gasteiger partial charge >= 0.3 is 0 Å². The molecule has 0 bridgehead atoms. The van der Waals surface area contributed by atoms with Crippen LogP contribution >= 0.6 is 11.6 Å². The van der Waals surface area contributed by atoms with Gasteiger partial charge in [-0.05, 0) is 47.9 Å². The van der Waals surface area contributed by atoms with Gasteiger partial charge in [-0.25, -0.2) is 5.43 Å². The molecular formula is C28H38ClN3O6. The summed E-state index contributed by atoms with van der Waals surface area (Å²) in [7, 11) is 0. The van der Waals surface area contributed by atoms with Gasteiger partial charge in [0.1, 0.15) is 30.8 Å². The lowest BCUT2D eigenvalue weighted by molar-refractivity contribution is -0.121. The zero-order valence-corrected chi connectivity index (χ0v) is 22.7. The minimum atomic E-state index is -0.662. The number of carbonyl (C=O) groups is 1. The second-order valence-electron chi connectivity index (χ2n) is 8.92. The van der Waals surface area contributed by atoms with Crippen LogP contribution in [0.15, 0.2) is 47.6 Å². The molecule has 1 aliphatic heterocycles. The van der Waals surface area contributed by atoms with Gasteiger partial charge in [0.05, 0.1) is 30.6 Å². The number of hydrogen-bond acceptors (Lipinski definition) is 8. The standard InChI is InChI=1S/C28H38ClN3O6/c1-2-3-13-35-15-16-36-19-21-4-7-24(8-5-21)38-20-23(33)18-30-12-14-37-27-10-6-22(17-25(27)29)26-9-11-28(34)32-31-26/h4-8,10,17,23,30,33H,2-3,9,11-16,18-20H2,1H3,(H,32,34). The summed E-state index contributed by atoms with van der Waals surface area (Å²) in [5.74, 6) is 1.17. The molecule has 1 unspecified atom stereocenters. The molecular weight excluding hydrogens is 510 g/mol. The zero-order valence-electron chi connectivity index (χ0n) is 21.9. The molecule has 2 aromatic rings. The molecule has 1 atom stereocenters. The van der Waals surface area contributed by atoms with E-state index < -0.39 is 6.10 Å². The van der Waals surface area contributed by atoms with Crippen LogP contribution in [0.5, 0.6) is 11.5 Å². The molecule has 1 heterocycles. The first-order valence-corrected chi connectivity index (χ1v) is 13.5. The first-order valence-electron chi connectivity index (χ1n) is 13.1. The van der Waals surface area contributed by atoms with Crippen molar-refractivity contribution >= 4 is 23.2 Å². The topological polar surface area (TPSA) is 111 Å². The van der Waals surface area contributed by atoms with E-state index in [0.717, 1.165) is 36.3 Å². The van der Waals surface area contributed by atoms with E-state index in [4.69, 9.17) is 30.5 Å². The van der Waals surface area contributed by atoms with Crippen LogP contribution in [0.3, 0.4) is 0 Å². The molecule has 3 N–H and O–H groups in total. The number of unbranched alkanes of at least 4 members (excludes halogenated alkanes) is 1. The summed E-state index contributed by atoms with van der Waals surface area (Å²) >= 11 is 6.35. The number of nitrogens with one attached hydrogen (secondary N) is 2. The lowest BCUT2D eigenvalue weighted by atomic mass is 10.0. The Morgan fingerprint density at radius 3 is 2.61 bits per heavy atom. The third kappa shape index (κ3) is 11.0. The summed E-state index contributed by atoms with van der Waals surface area (Å²) in [6.07, 6.45) is 2.54. The van der Waals surface area contributed by atoms with E-state index in [0.29, 0.717) is 68.9 Å². The van der Waals surface area contributed by atoms with E-state index in [9.17, 15) is 9.90 Å². The van der Waals surface area contributed by atoms with Crippen molar-refractivity contribution in [1.29, 1.82) is 0 Å². The van der Waals surface area contributed by atoms with E-state index in [-0.39, 0.29) is 12.5 Å². The van der Waals surface area contributed by atoms with Gasteiger partial charge in [-0.15, -0.1) is 0 Å². The summed E-state index contributed by atoms with van der Waals surface area (Å²) in [4.78, 5) is 11.3. The van der Waals surface area contributed by atoms with Gasteiger partial charge in [0.25, 0.3) is 0 Å². The molecule has 0 aliphatic carbocycles. The van der Waals surface area contributed by atoms with Crippen LogP contribution in [0.4, 0.5) is 0 Å². The summed E-state index contributed by atoms with van der Waals surface area (Å²) in [5, 5.41) is 17.9. The van der Waals surface area contributed by atoms with Gasteiger partial charge in [0.15, 0.2) is 0 Å². The third-order valence-electron chi connectivity index (χ3n) is 5.73. The number of aliphatic hydroxyl groups excluding tert-OH is 1. The maximum absolute atomic E-state index is 11.3. The van der Waals surface area contributed by atoms with E-state index in [1.54, 1.807) is 12.1 Å². The molecule has 1 amide bonds. The van der Waals surface area contributed by atoms with E-state index in [1.165, 1.54) is 0 Å². The molecule has 208 valence electrons. The molecule has 38 heavy (non-hydrogen) atoms. The molecule has 10 heteroatoms. The Balaban J connectivity index is 1.25. The highest BCUT2D eigenvalue weighted by Gasteiger charge is 2.14. The normalized spacial score (nSPS) is 14.1. The van der Waals surface area contributed by atoms with Gasteiger partial charge in [0.2, 0.25) is 5.91 Å². The molecule has 0 saturated heterocycles. The van der Waals surface area contributed by atoms with Crippen molar-refractivity contribution in [3.05, 3.63) is 58.6 Å². The van der Waals surface area contributed by atoms with Gasteiger partial charge in [-0.2, -0.15) is 5.10 Å². The zero-order chi connectivity index (χ0) is 27.0. The van der Waals surface area contributed by atoms with Crippen molar-refractivity contribution in [2.75, 3.05) is 46.1 Å². The number of carbonyl (C=O) groups excluding carboxylic acids is 1. The summed E-state index contributed by atoms with van der Waals surface area (Å²) < 4.78 is 22.5. The Labute approximate surface area is 229 Å². The summed E-state index contributed by atoms with van der Waals surface area (Å²) in [5.41, 5.74) is 5.19. The number of aliphatic hydroxyl groups is 1. The van der Waals surface area contributed by atoms with E-state index >= 15 is 0 Å². The largest absolute Gasteiger partial charge is 0.491 e. The second-order valence-corrected chi connectivity index (χ2v) is 9.33. The van der Waals surface area contributed by atoms with Crippen molar-refractivity contribution < 1.29 is 28.8 Å². The fourth-order valence-corrected chi connectivity index (χ4v) is 3.81. The fraction of sp³-hybridized carbons (Fsp3) is 0.500. The molecule has 1 aliphatic rings. The molecule has 9 nitrogen and oxygen atoms in total. The fourth-order valence-electron chi connectivity index (χ4n) is 3.57. The maximum atomic E-state index is 11.3. The lowest BCUT2D eigenvalue weighted by Crippen LogP contribution is -2.33. The minimum Gasteiger partial charge on any atom is -0.491 e. The Kier molecular flexibility index (Phi) is 13.4. The second kappa shape index (κ2) is 17.0. The number of rotatable bonds is 18. The van der Waals surface area contributed by atoms with Crippen LogP contribution in [0.1, 0.15) is 43.7 Å². The number of ether oxygens (including phenoxy) is 4. The number of hydrazone groups is 1. The van der Waals surface area contributed by atoms with Crippen molar-refractivity contribution in [1.82, 2.24) is 10.7 Å². The number of amides is 1. The van der Waals surface area contributed by atoms with Crippen LogP contribution in [-0.4, -0.2) is 69.0 Å². The predicted octanol–water partition coefficient (Wildman–Crippen LogP) is 3.70. The third-order valence-corrected chi connectivity index (χ3v) is 6.03. The Bertz CT molecular complexity index is 1020. The van der Waals surface area contributed by atoms with E-state index in [2.05, 4.69) is 22.8 Å². The number of hydrogen-bond donors (Lipinski definition) is 3. The first kappa shape index (κ1) is 29.9. The molecule has 3 rings (SSSR count). The molecule has 2 aromatic carbocycles. The summed E-state index contributed by atoms with van der Waals surface area (Å²) in [6, 6.07) is 13.1. The lowest BCUT2D eigenvalue weighted by Gasteiger charge is -2.15. The number of halogens is 1. The average molecular weight is 548 g/mol. The summed E-state index contributed by atoms with van der Waals surface area (Å²) in [6.45, 7) is 6.10. The number of benzene rings is 2. The first-order chi connectivity index (χ1) is 18.5. The molecule has 0 fully saturated rings. The monoisotopic (exact) mass is 547 g/mol. The minimum absolute atomic E-state index is 0.0842. The van der Waals surface area contributed by atoms with Crippen molar-refractivity contribution in [2.45, 2.75) is 45.3 Å². The van der Waals surface area contributed by atoms with Crippen LogP contribution in [0.2, 0.25) is 5.02 Å². The molecule has 0 saturated carbocycles. The highest BCUT2D eigenvalue weighted by molar-refractivity contribution is 6.32. The van der Waals surface area contributed by atoms with Crippen LogP contribution in [0, 0.1) is 0 Å². The predicted molar refractivity (Wildman–Crippen MR) is 147 cm³/mol. The van der Waals surface area contributed by atoms with Gasteiger partial charge in [0, 0.05) is 32.5 Å². The van der Waals surface area contributed by atoms with Gasteiger partial charge < -0.3 is 29.4 Å². The smallest absolute Gasteiger partial charge is 0.240 e. The van der Waals surface area contributed by atoms with Crippen LogP contribution < -0.4 is 20.2 Å². The highest BCUT2D eigenvalue weighted by Crippen LogP contribution is 2.26. The van der Waals surface area contributed by atoms with Crippen LogP contribution in [0.25, 0.3) is 0 Å². The number of nitrogens with zero attached hydrogens (tertiary/aromatic N) is 1. The van der Waals surface area contributed by atoms with Crippen molar-refractivity contribution in [2.24, 2.45) is 5.10 Å². The van der Waals surface area contributed by atoms with E-state index in [1.807, 2.05) is 30.3 Å². The quantitative estimate of drug-likeness (QED) is 0.244. The Hall–Kier alpha value is -2.69. The molecule has 0 aromatic heterocycles. The maximum Gasteiger partial charge on any atom is 0.240 e. The molecule has 0 spiro atoms. The highest BCUT2D eigenvalue weighted by atomic mass is 35.5. The Morgan fingerprint density at radius 2 is 1.87 bits per heavy atom. The van der Waals surface area contributed by atoms with Gasteiger partial charge in [-0.1, -0.05) is 37.1 Å². The Morgan fingerprint density at radius 1 is 1.05 bits per heavy atom.